The summed E-state index contributed by atoms with van der Waals surface area (Å²) in [5.41, 5.74) is 3.45. The van der Waals surface area contributed by atoms with Gasteiger partial charge in [0.25, 0.3) is 0 Å². The number of aromatic nitrogens is 1. The van der Waals surface area contributed by atoms with Gasteiger partial charge in [-0.2, -0.15) is 0 Å². The van der Waals surface area contributed by atoms with Gasteiger partial charge < -0.3 is 0 Å². The van der Waals surface area contributed by atoms with Crippen LogP contribution in [-0.2, 0) is 0 Å². The Balaban J connectivity index is 3.31. The van der Waals surface area contributed by atoms with Crippen molar-refractivity contribution < 1.29 is 0 Å². The third-order valence-electron chi connectivity index (χ3n) is 1.74. The maximum absolute atomic E-state index is 5.71. The van der Waals surface area contributed by atoms with Gasteiger partial charge in [-0.15, -0.1) is 0 Å². The van der Waals surface area contributed by atoms with E-state index in [1.54, 1.807) is 0 Å². The molecule has 10 heavy (non-hydrogen) atoms. The topological polar surface area (TPSA) is 12.9 Å². The summed E-state index contributed by atoms with van der Waals surface area (Å²) in [6, 6.07) is 1.88. The van der Waals surface area contributed by atoms with E-state index < -0.39 is 0 Å². The van der Waals surface area contributed by atoms with Crippen LogP contribution in [0, 0.1) is 20.8 Å². The van der Waals surface area contributed by atoms with Gasteiger partial charge in [-0.05, 0) is 38.0 Å². The smallest absolute Gasteiger partial charge is 0.129 e. The second-order valence-electron chi connectivity index (χ2n) is 2.47. The molecule has 0 saturated carbocycles. The van der Waals surface area contributed by atoms with Crippen LogP contribution in [0.3, 0.4) is 0 Å². The molecule has 0 fully saturated rings. The van der Waals surface area contributed by atoms with E-state index in [1.807, 2.05) is 26.8 Å². The minimum Gasteiger partial charge on any atom is -0.241 e. The lowest BCUT2D eigenvalue weighted by Gasteiger charge is -2.02. The second-order valence-corrected chi connectivity index (χ2v) is 2.86. The molecule has 0 spiro atoms. The number of halogens is 1. The molecular weight excluding hydrogens is 146 g/mol. The fourth-order valence-corrected chi connectivity index (χ4v) is 1.14. The van der Waals surface area contributed by atoms with Gasteiger partial charge >= 0.3 is 0 Å². The number of pyridine rings is 1. The highest BCUT2D eigenvalue weighted by atomic mass is 35.5. The highest BCUT2D eigenvalue weighted by Gasteiger charge is 1.98. The number of aryl methyl sites for hydroxylation is 2. The first-order valence-electron chi connectivity index (χ1n) is 3.21. The van der Waals surface area contributed by atoms with E-state index in [0.29, 0.717) is 5.15 Å². The predicted molar refractivity (Wildman–Crippen MR) is 43.5 cm³/mol. The summed E-state index contributed by atoms with van der Waals surface area (Å²) in [5, 5.41) is 0.584. The van der Waals surface area contributed by atoms with Crippen molar-refractivity contribution in [3.05, 3.63) is 28.0 Å². The Hall–Kier alpha value is -0.560. The fourth-order valence-electron chi connectivity index (χ4n) is 0.849. The van der Waals surface area contributed by atoms with Crippen LogP contribution in [-0.4, -0.2) is 4.98 Å². The maximum atomic E-state index is 5.71. The Labute approximate surface area is 66.0 Å². The van der Waals surface area contributed by atoms with Crippen molar-refractivity contribution in [3.63, 3.8) is 0 Å². The molecule has 2 heteroatoms. The first kappa shape index (κ1) is 7.55. The summed E-state index contributed by atoms with van der Waals surface area (Å²) in [6.45, 7) is 6.05. The first-order valence-corrected chi connectivity index (χ1v) is 3.59. The van der Waals surface area contributed by atoms with Crippen LogP contribution in [0.25, 0.3) is 0 Å². The molecule has 0 aromatic carbocycles. The van der Waals surface area contributed by atoms with Gasteiger partial charge in [-0.3, -0.25) is 0 Å². The van der Waals surface area contributed by atoms with Crippen molar-refractivity contribution in [2.75, 3.05) is 0 Å². The summed E-state index contributed by atoms with van der Waals surface area (Å²) in [6.07, 6.45) is 0. The molecule has 54 valence electrons. The fraction of sp³-hybridized carbons (Fsp3) is 0.375. The zero-order chi connectivity index (χ0) is 7.72. The molecule has 0 radical (unpaired) electrons. The zero-order valence-electron chi connectivity index (χ0n) is 6.40. The molecule has 0 aliphatic heterocycles. The van der Waals surface area contributed by atoms with Crippen molar-refractivity contribution >= 4 is 11.6 Å². The molecule has 0 saturated heterocycles. The molecule has 1 heterocycles. The van der Waals surface area contributed by atoms with Crippen molar-refractivity contribution in [1.82, 2.24) is 4.98 Å². The molecule has 0 unspecified atom stereocenters. The Morgan fingerprint density at radius 1 is 1.30 bits per heavy atom. The monoisotopic (exact) mass is 155 g/mol. The number of hydrogen-bond acceptors (Lipinski definition) is 1. The van der Waals surface area contributed by atoms with Crippen molar-refractivity contribution in [2.45, 2.75) is 20.8 Å². The molecule has 1 aromatic heterocycles. The zero-order valence-corrected chi connectivity index (χ0v) is 7.16. The summed E-state index contributed by atoms with van der Waals surface area (Å²) < 4.78 is 0. The van der Waals surface area contributed by atoms with Crippen molar-refractivity contribution in [3.8, 4) is 0 Å². The molecular formula is C8H10ClN. The van der Waals surface area contributed by atoms with Gasteiger partial charge in [0.05, 0.1) is 0 Å². The summed E-state index contributed by atoms with van der Waals surface area (Å²) in [7, 11) is 0. The van der Waals surface area contributed by atoms with Gasteiger partial charge in [0.2, 0.25) is 0 Å². The molecule has 0 amide bonds. The van der Waals surface area contributed by atoms with Gasteiger partial charge in [0, 0.05) is 5.69 Å². The van der Waals surface area contributed by atoms with Crippen LogP contribution in [0.1, 0.15) is 16.8 Å². The summed E-state index contributed by atoms with van der Waals surface area (Å²) in [4.78, 5) is 4.10. The van der Waals surface area contributed by atoms with E-state index in [0.717, 1.165) is 5.69 Å². The van der Waals surface area contributed by atoms with E-state index in [4.69, 9.17) is 11.6 Å². The van der Waals surface area contributed by atoms with E-state index in [1.165, 1.54) is 11.1 Å². The van der Waals surface area contributed by atoms with Crippen molar-refractivity contribution in [2.24, 2.45) is 0 Å². The molecule has 1 rings (SSSR count). The molecule has 0 atom stereocenters. The minimum atomic E-state index is 0.584. The van der Waals surface area contributed by atoms with E-state index in [9.17, 15) is 0 Å². The Morgan fingerprint density at radius 3 is 2.40 bits per heavy atom. The Morgan fingerprint density at radius 2 is 1.90 bits per heavy atom. The molecule has 1 aromatic rings. The predicted octanol–water partition coefficient (Wildman–Crippen LogP) is 2.66. The average Bonchev–Trinajstić information content (AvgIpc) is 1.82. The Kier molecular flexibility index (Phi) is 1.95. The Bertz CT molecular complexity index is 232. The van der Waals surface area contributed by atoms with Gasteiger partial charge in [0.1, 0.15) is 5.15 Å². The molecule has 0 aliphatic rings. The van der Waals surface area contributed by atoms with E-state index >= 15 is 0 Å². The van der Waals surface area contributed by atoms with Gasteiger partial charge in [-0.25, -0.2) is 4.98 Å². The largest absolute Gasteiger partial charge is 0.241 e. The van der Waals surface area contributed by atoms with Crippen molar-refractivity contribution in [1.29, 1.82) is 0 Å². The normalized spacial score (nSPS) is 10.0. The molecule has 0 bridgehead atoms. The first-order chi connectivity index (χ1) is 4.61. The standard InChI is InChI=1S/C8H10ClN/c1-5-4-8(9)10-7(3)6(5)2/h4H,1-3H3. The van der Waals surface area contributed by atoms with E-state index in [2.05, 4.69) is 4.98 Å². The van der Waals surface area contributed by atoms with Crippen LogP contribution in [0.4, 0.5) is 0 Å². The third kappa shape index (κ3) is 1.29. The maximum Gasteiger partial charge on any atom is 0.129 e. The molecule has 1 nitrogen and oxygen atoms in total. The lowest BCUT2D eigenvalue weighted by Crippen LogP contribution is -1.90. The second kappa shape index (κ2) is 2.59. The molecule has 0 N–H and O–H groups in total. The van der Waals surface area contributed by atoms with Crippen LogP contribution < -0.4 is 0 Å². The SMILES string of the molecule is Cc1cc(Cl)nc(C)c1C. The average molecular weight is 156 g/mol. The summed E-state index contributed by atoms with van der Waals surface area (Å²) >= 11 is 5.71. The van der Waals surface area contributed by atoms with Crippen LogP contribution >= 0.6 is 11.6 Å². The number of nitrogens with zero attached hydrogens (tertiary/aromatic N) is 1. The lowest BCUT2D eigenvalue weighted by molar-refractivity contribution is 1.12. The van der Waals surface area contributed by atoms with Gasteiger partial charge in [0.15, 0.2) is 0 Å². The quantitative estimate of drug-likeness (QED) is 0.525. The highest BCUT2D eigenvalue weighted by Crippen LogP contribution is 2.14. The highest BCUT2D eigenvalue weighted by molar-refractivity contribution is 6.29. The number of rotatable bonds is 0. The molecule has 0 aliphatic carbocycles. The van der Waals surface area contributed by atoms with Crippen LogP contribution in [0.15, 0.2) is 6.07 Å². The summed E-state index contributed by atoms with van der Waals surface area (Å²) in [5.74, 6) is 0. The van der Waals surface area contributed by atoms with Gasteiger partial charge in [-0.1, -0.05) is 11.6 Å². The van der Waals surface area contributed by atoms with Crippen LogP contribution in [0.2, 0.25) is 5.15 Å². The lowest BCUT2D eigenvalue weighted by atomic mass is 10.1. The van der Waals surface area contributed by atoms with Crippen LogP contribution in [0.5, 0.6) is 0 Å². The van der Waals surface area contributed by atoms with E-state index in [-0.39, 0.29) is 0 Å². The third-order valence-corrected chi connectivity index (χ3v) is 1.94. The number of hydrogen-bond donors (Lipinski definition) is 0. The minimum absolute atomic E-state index is 0.584.